The number of carbonyl (C=O) groups excluding carboxylic acids is 1. The Morgan fingerprint density at radius 2 is 2.45 bits per heavy atom. The number of piperidine rings is 1. The van der Waals surface area contributed by atoms with Gasteiger partial charge < -0.3 is 15.8 Å². The van der Waals surface area contributed by atoms with E-state index in [1.807, 2.05) is 0 Å². The average Bonchev–Trinajstić information content (AvgIpc) is 2.04. The van der Waals surface area contributed by atoms with Gasteiger partial charge in [-0.2, -0.15) is 0 Å². The van der Waals surface area contributed by atoms with E-state index in [1.165, 1.54) is 7.11 Å². The lowest BCUT2D eigenvalue weighted by molar-refractivity contribution is -0.144. The first-order valence-corrected chi connectivity index (χ1v) is 3.82. The summed E-state index contributed by atoms with van der Waals surface area (Å²) in [6.45, 7) is 0.855. The molecule has 0 aromatic carbocycles. The summed E-state index contributed by atoms with van der Waals surface area (Å²) in [5.74, 6) is -0.253. The molecule has 0 unspecified atom stereocenters. The fraction of sp³-hybridized carbons (Fsp3) is 0.857. The molecular formula is C7H14N2O2. The quantitative estimate of drug-likeness (QED) is 0.492. The second kappa shape index (κ2) is 3.69. The zero-order valence-electron chi connectivity index (χ0n) is 6.67. The Labute approximate surface area is 66.1 Å². The number of nitrogens with one attached hydrogen (secondary N) is 1. The summed E-state index contributed by atoms with van der Waals surface area (Å²) in [6, 6.07) is -0.384. The number of esters is 1. The maximum Gasteiger partial charge on any atom is 0.324 e. The van der Waals surface area contributed by atoms with Gasteiger partial charge in [0.25, 0.3) is 0 Å². The fourth-order valence-corrected chi connectivity index (χ4v) is 1.30. The average molecular weight is 158 g/mol. The van der Waals surface area contributed by atoms with Gasteiger partial charge in [0.05, 0.1) is 7.11 Å². The molecule has 0 aliphatic carbocycles. The molecule has 2 atom stereocenters. The molecule has 1 saturated heterocycles. The summed E-state index contributed by atoms with van der Waals surface area (Å²) >= 11 is 0. The molecule has 1 rings (SSSR count). The monoisotopic (exact) mass is 158 g/mol. The van der Waals surface area contributed by atoms with E-state index < -0.39 is 0 Å². The molecule has 0 aromatic heterocycles. The third-order valence-corrected chi connectivity index (χ3v) is 1.96. The standard InChI is InChI=1S/C7H14N2O2/c1-11-7(10)6-5(8)3-2-4-9-6/h5-6,9H,2-4,8H2,1H3/t5-,6+/m0/s1. The highest BCUT2D eigenvalue weighted by atomic mass is 16.5. The van der Waals surface area contributed by atoms with Crippen LogP contribution in [0.4, 0.5) is 0 Å². The van der Waals surface area contributed by atoms with Gasteiger partial charge in [-0.15, -0.1) is 0 Å². The first-order chi connectivity index (χ1) is 5.25. The van der Waals surface area contributed by atoms with Crippen LogP contribution in [0, 0.1) is 0 Å². The lowest BCUT2D eigenvalue weighted by atomic mass is 10.00. The minimum atomic E-state index is -0.297. The van der Waals surface area contributed by atoms with E-state index in [4.69, 9.17) is 5.73 Å². The molecule has 0 bridgehead atoms. The van der Waals surface area contributed by atoms with Crippen molar-refractivity contribution in [3.05, 3.63) is 0 Å². The predicted octanol–water partition coefficient (Wildman–Crippen LogP) is -0.761. The third kappa shape index (κ3) is 1.91. The summed E-state index contributed by atoms with van der Waals surface area (Å²) in [5.41, 5.74) is 5.69. The van der Waals surface area contributed by atoms with Gasteiger partial charge in [0.15, 0.2) is 0 Å². The van der Waals surface area contributed by atoms with Crippen LogP contribution in [0.1, 0.15) is 12.8 Å². The molecule has 0 amide bonds. The van der Waals surface area contributed by atoms with Crippen molar-refractivity contribution >= 4 is 5.97 Å². The van der Waals surface area contributed by atoms with E-state index in [0.29, 0.717) is 0 Å². The Bertz CT molecular complexity index is 149. The van der Waals surface area contributed by atoms with Gasteiger partial charge >= 0.3 is 5.97 Å². The maximum absolute atomic E-state index is 11.0. The van der Waals surface area contributed by atoms with E-state index in [1.54, 1.807) is 0 Å². The van der Waals surface area contributed by atoms with Gasteiger partial charge in [-0.1, -0.05) is 0 Å². The number of hydrogen-bond acceptors (Lipinski definition) is 4. The van der Waals surface area contributed by atoms with Gasteiger partial charge in [-0.05, 0) is 19.4 Å². The zero-order chi connectivity index (χ0) is 8.27. The van der Waals surface area contributed by atoms with Crippen molar-refractivity contribution in [1.82, 2.24) is 5.32 Å². The Kier molecular flexibility index (Phi) is 2.84. The van der Waals surface area contributed by atoms with Crippen molar-refractivity contribution in [3.8, 4) is 0 Å². The lowest BCUT2D eigenvalue weighted by Gasteiger charge is -2.27. The second-order valence-corrected chi connectivity index (χ2v) is 2.76. The highest BCUT2D eigenvalue weighted by Gasteiger charge is 2.28. The van der Waals surface area contributed by atoms with Gasteiger partial charge in [-0.3, -0.25) is 4.79 Å². The molecule has 0 radical (unpaired) electrons. The summed E-state index contributed by atoms with van der Waals surface area (Å²) in [6.07, 6.45) is 1.93. The normalized spacial score (nSPS) is 31.5. The van der Waals surface area contributed by atoms with Crippen LogP contribution in [-0.2, 0) is 9.53 Å². The van der Waals surface area contributed by atoms with Crippen LogP contribution in [0.15, 0.2) is 0 Å². The molecule has 1 heterocycles. The number of nitrogens with two attached hydrogens (primary N) is 1. The number of hydrogen-bond donors (Lipinski definition) is 2. The van der Waals surface area contributed by atoms with Crippen molar-refractivity contribution in [3.63, 3.8) is 0 Å². The summed E-state index contributed by atoms with van der Waals surface area (Å²) < 4.78 is 4.58. The van der Waals surface area contributed by atoms with Crippen LogP contribution in [0.5, 0.6) is 0 Å². The second-order valence-electron chi connectivity index (χ2n) is 2.76. The van der Waals surface area contributed by atoms with Crippen LogP contribution < -0.4 is 11.1 Å². The SMILES string of the molecule is COC(=O)[C@@H]1NCCC[C@@H]1N. The maximum atomic E-state index is 11.0. The van der Waals surface area contributed by atoms with Crippen LogP contribution in [0.3, 0.4) is 0 Å². The Balaban J connectivity index is 2.47. The Morgan fingerprint density at radius 3 is 3.00 bits per heavy atom. The highest BCUT2D eigenvalue weighted by molar-refractivity contribution is 5.76. The topological polar surface area (TPSA) is 64.3 Å². The molecule has 64 valence electrons. The van der Waals surface area contributed by atoms with Gasteiger partial charge in [0.1, 0.15) is 6.04 Å². The molecule has 4 heteroatoms. The molecule has 1 aliphatic rings. The fourth-order valence-electron chi connectivity index (χ4n) is 1.30. The first-order valence-electron chi connectivity index (χ1n) is 3.82. The Hall–Kier alpha value is -0.610. The summed E-state index contributed by atoms with van der Waals surface area (Å²) in [7, 11) is 1.38. The summed E-state index contributed by atoms with van der Waals surface area (Å²) in [4.78, 5) is 11.0. The van der Waals surface area contributed by atoms with Crippen LogP contribution >= 0.6 is 0 Å². The number of methoxy groups -OCH3 is 1. The third-order valence-electron chi connectivity index (χ3n) is 1.96. The van der Waals surface area contributed by atoms with Crippen LogP contribution in [-0.4, -0.2) is 31.7 Å². The molecule has 11 heavy (non-hydrogen) atoms. The molecule has 1 fully saturated rings. The summed E-state index contributed by atoms with van der Waals surface area (Å²) in [5, 5.41) is 3.02. The zero-order valence-corrected chi connectivity index (χ0v) is 6.67. The first kappa shape index (κ1) is 8.49. The van der Waals surface area contributed by atoms with Crippen LogP contribution in [0.2, 0.25) is 0 Å². The highest BCUT2D eigenvalue weighted by Crippen LogP contribution is 2.06. The molecule has 0 aromatic rings. The van der Waals surface area contributed by atoms with E-state index in [2.05, 4.69) is 10.1 Å². The predicted molar refractivity (Wildman–Crippen MR) is 41.0 cm³/mol. The number of carbonyl (C=O) groups is 1. The van der Waals surface area contributed by atoms with Crippen LogP contribution in [0.25, 0.3) is 0 Å². The molecular weight excluding hydrogens is 144 g/mol. The van der Waals surface area contributed by atoms with E-state index in [9.17, 15) is 4.79 Å². The smallest absolute Gasteiger partial charge is 0.324 e. The van der Waals surface area contributed by atoms with Crippen molar-refractivity contribution in [2.75, 3.05) is 13.7 Å². The minimum Gasteiger partial charge on any atom is -0.468 e. The molecule has 0 spiro atoms. The van der Waals surface area contributed by atoms with E-state index in [0.717, 1.165) is 19.4 Å². The van der Waals surface area contributed by atoms with Crippen molar-refractivity contribution in [2.45, 2.75) is 24.9 Å². The Morgan fingerprint density at radius 1 is 1.73 bits per heavy atom. The molecule has 4 nitrogen and oxygen atoms in total. The van der Waals surface area contributed by atoms with Crippen molar-refractivity contribution in [2.24, 2.45) is 5.73 Å². The molecule has 3 N–H and O–H groups in total. The van der Waals surface area contributed by atoms with Crippen molar-refractivity contribution in [1.29, 1.82) is 0 Å². The van der Waals surface area contributed by atoms with Gasteiger partial charge in [0.2, 0.25) is 0 Å². The lowest BCUT2D eigenvalue weighted by Crippen LogP contribution is -2.54. The van der Waals surface area contributed by atoms with E-state index in [-0.39, 0.29) is 18.1 Å². The van der Waals surface area contributed by atoms with Gasteiger partial charge in [-0.25, -0.2) is 0 Å². The number of rotatable bonds is 1. The number of ether oxygens (including phenoxy) is 1. The molecule has 0 saturated carbocycles. The van der Waals surface area contributed by atoms with Crippen molar-refractivity contribution < 1.29 is 9.53 Å². The largest absolute Gasteiger partial charge is 0.468 e. The molecule has 1 aliphatic heterocycles. The minimum absolute atomic E-state index is 0.0869. The van der Waals surface area contributed by atoms with Gasteiger partial charge in [0, 0.05) is 6.04 Å². The van der Waals surface area contributed by atoms with E-state index >= 15 is 0 Å².